The number of halogens is 1. The lowest BCUT2D eigenvalue weighted by molar-refractivity contribution is -0.0734. The Bertz CT molecular complexity index is 380. The van der Waals surface area contributed by atoms with Crippen molar-refractivity contribution in [3.63, 3.8) is 0 Å². The molecular weight excluding hydrogens is 256 g/mol. The van der Waals surface area contributed by atoms with Crippen LogP contribution in [-0.2, 0) is 11.2 Å². The summed E-state index contributed by atoms with van der Waals surface area (Å²) in [7, 11) is 0. The van der Waals surface area contributed by atoms with Crippen molar-refractivity contribution in [2.45, 2.75) is 38.9 Å². The SMILES string of the molecule is CCc1csc(N2CC(CCl)OC(C)(C)C2)n1. The zero-order chi connectivity index (χ0) is 12.5. The average Bonchev–Trinajstić information content (AvgIpc) is 2.75. The number of anilines is 1. The van der Waals surface area contributed by atoms with E-state index in [-0.39, 0.29) is 11.7 Å². The summed E-state index contributed by atoms with van der Waals surface area (Å²) in [5.41, 5.74) is 1.01. The number of nitrogens with zero attached hydrogens (tertiary/aromatic N) is 2. The van der Waals surface area contributed by atoms with Gasteiger partial charge in [0.2, 0.25) is 0 Å². The summed E-state index contributed by atoms with van der Waals surface area (Å²) in [5, 5.41) is 3.22. The largest absolute Gasteiger partial charge is 0.367 e. The highest BCUT2D eigenvalue weighted by Crippen LogP contribution is 2.28. The van der Waals surface area contributed by atoms with Crippen LogP contribution < -0.4 is 4.90 Å². The lowest BCUT2D eigenvalue weighted by Gasteiger charge is -2.42. The summed E-state index contributed by atoms with van der Waals surface area (Å²) in [6, 6.07) is 0. The van der Waals surface area contributed by atoms with E-state index < -0.39 is 0 Å². The summed E-state index contributed by atoms with van der Waals surface area (Å²) in [4.78, 5) is 6.92. The molecule has 3 nitrogen and oxygen atoms in total. The number of alkyl halides is 1. The highest BCUT2D eigenvalue weighted by Gasteiger charge is 2.34. The van der Waals surface area contributed by atoms with E-state index in [1.165, 1.54) is 0 Å². The molecule has 0 amide bonds. The van der Waals surface area contributed by atoms with Crippen molar-refractivity contribution in [1.29, 1.82) is 0 Å². The third-order valence-electron chi connectivity index (χ3n) is 2.83. The molecule has 0 bridgehead atoms. The molecule has 1 saturated heterocycles. The van der Waals surface area contributed by atoms with Gasteiger partial charge in [-0.3, -0.25) is 0 Å². The number of hydrogen-bond donors (Lipinski definition) is 0. The molecule has 0 aromatic carbocycles. The molecule has 2 heterocycles. The minimum Gasteiger partial charge on any atom is -0.367 e. The van der Waals surface area contributed by atoms with E-state index in [1.54, 1.807) is 11.3 Å². The molecule has 5 heteroatoms. The summed E-state index contributed by atoms with van der Waals surface area (Å²) in [6.07, 6.45) is 1.08. The van der Waals surface area contributed by atoms with Gasteiger partial charge in [-0.15, -0.1) is 22.9 Å². The van der Waals surface area contributed by atoms with Gasteiger partial charge < -0.3 is 9.64 Å². The Balaban J connectivity index is 2.14. The molecule has 0 spiro atoms. The van der Waals surface area contributed by atoms with Crippen LogP contribution in [0.25, 0.3) is 0 Å². The van der Waals surface area contributed by atoms with Crippen LogP contribution >= 0.6 is 22.9 Å². The number of thiazole rings is 1. The topological polar surface area (TPSA) is 25.4 Å². The van der Waals surface area contributed by atoms with Gasteiger partial charge in [0, 0.05) is 18.5 Å². The minimum atomic E-state index is -0.157. The quantitative estimate of drug-likeness (QED) is 0.793. The standard InChI is InChI=1S/C12H19ClN2OS/c1-4-9-7-17-11(14-9)15-6-10(5-13)16-12(2,3)8-15/h7,10H,4-6,8H2,1-3H3. The Hall–Kier alpha value is -0.320. The van der Waals surface area contributed by atoms with Gasteiger partial charge in [0.05, 0.1) is 23.3 Å². The maximum Gasteiger partial charge on any atom is 0.185 e. The third-order valence-corrected chi connectivity index (χ3v) is 4.12. The Morgan fingerprint density at radius 1 is 1.65 bits per heavy atom. The second kappa shape index (κ2) is 5.12. The summed E-state index contributed by atoms with van der Waals surface area (Å²) >= 11 is 7.63. The highest BCUT2D eigenvalue weighted by molar-refractivity contribution is 7.13. The van der Waals surface area contributed by atoms with Gasteiger partial charge in [0.15, 0.2) is 5.13 Å². The lowest BCUT2D eigenvalue weighted by atomic mass is 10.1. The normalized spacial score (nSPS) is 24.0. The molecule has 1 aromatic heterocycles. The number of aromatic nitrogens is 1. The molecule has 0 saturated carbocycles. The molecule has 1 atom stereocenters. The van der Waals surface area contributed by atoms with E-state index in [0.717, 1.165) is 30.3 Å². The van der Waals surface area contributed by atoms with Crippen molar-refractivity contribution in [3.8, 4) is 0 Å². The van der Waals surface area contributed by atoms with Crippen molar-refractivity contribution >= 4 is 28.1 Å². The molecule has 96 valence electrons. The molecule has 0 aliphatic carbocycles. The molecule has 1 fully saturated rings. The van der Waals surface area contributed by atoms with Crippen molar-refractivity contribution in [2.75, 3.05) is 23.9 Å². The average molecular weight is 275 g/mol. The van der Waals surface area contributed by atoms with Crippen LogP contribution in [0.15, 0.2) is 5.38 Å². The van der Waals surface area contributed by atoms with E-state index in [4.69, 9.17) is 16.3 Å². The molecule has 1 aliphatic heterocycles. The highest BCUT2D eigenvalue weighted by atomic mass is 35.5. The zero-order valence-corrected chi connectivity index (χ0v) is 12.1. The molecule has 1 aliphatic rings. The molecule has 1 unspecified atom stereocenters. The van der Waals surface area contributed by atoms with Gasteiger partial charge in [-0.2, -0.15) is 0 Å². The zero-order valence-electron chi connectivity index (χ0n) is 10.6. The van der Waals surface area contributed by atoms with Crippen LogP contribution in [0.5, 0.6) is 0 Å². The van der Waals surface area contributed by atoms with Gasteiger partial charge in [-0.25, -0.2) is 4.98 Å². The first-order valence-corrected chi connectivity index (χ1v) is 7.38. The minimum absolute atomic E-state index is 0.0920. The van der Waals surface area contributed by atoms with E-state index >= 15 is 0 Å². The number of aryl methyl sites for hydroxylation is 1. The number of hydrogen-bond acceptors (Lipinski definition) is 4. The Kier molecular flexibility index (Phi) is 3.95. The number of ether oxygens (including phenoxy) is 1. The summed E-state index contributed by atoms with van der Waals surface area (Å²) in [6.45, 7) is 8.05. The molecule has 0 N–H and O–H groups in total. The monoisotopic (exact) mass is 274 g/mol. The van der Waals surface area contributed by atoms with Gasteiger partial charge in [0.1, 0.15) is 0 Å². The summed E-state index contributed by atoms with van der Waals surface area (Å²) < 4.78 is 5.91. The van der Waals surface area contributed by atoms with Gasteiger partial charge >= 0.3 is 0 Å². The predicted octanol–water partition coefficient (Wildman–Crippen LogP) is 2.93. The first-order valence-electron chi connectivity index (χ1n) is 5.97. The third kappa shape index (κ3) is 3.12. The fraction of sp³-hybridized carbons (Fsp3) is 0.750. The van der Waals surface area contributed by atoms with E-state index in [1.807, 2.05) is 0 Å². The Morgan fingerprint density at radius 2 is 2.41 bits per heavy atom. The van der Waals surface area contributed by atoms with E-state index in [0.29, 0.717) is 5.88 Å². The van der Waals surface area contributed by atoms with Gasteiger partial charge in [-0.1, -0.05) is 6.92 Å². The van der Waals surface area contributed by atoms with Crippen LogP contribution in [0.3, 0.4) is 0 Å². The van der Waals surface area contributed by atoms with Crippen LogP contribution in [0.1, 0.15) is 26.5 Å². The van der Waals surface area contributed by atoms with Gasteiger partial charge in [-0.05, 0) is 20.3 Å². The molecular formula is C12H19ClN2OS. The molecule has 0 radical (unpaired) electrons. The fourth-order valence-electron chi connectivity index (χ4n) is 2.13. The lowest BCUT2D eigenvalue weighted by Crippen LogP contribution is -2.53. The van der Waals surface area contributed by atoms with E-state index in [9.17, 15) is 0 Å². The second-order valence-corrected chi connectivity index (χ2v) is 6.15. The molecule has 2 rings (SSSR count). The number of rotatable bonds is 3. The second-order valence-electron chi connectivity index (χ2n) is 5.01. The maximum absolute atomic E-state index is 5.92. The Morgan fingerprint density at radius 3 is 3.00 bits per heavy atom. The van der Waals surface area contributed by atoms with Crippen LogP contribution in [0.4, 0.5) is 5.13 Å². The van der Waals surface area contributed by atoms with Crippen molar-refractivity contribution in [2.24, 2.45) is 0 Å². The fourth-order valence-corrected chi connectivity index (χ4v) is 3.21. The van der Waals surface area contributed by atoms with Crippen molar-refractivity contribution in [1.82, 2.24) is 4.98 Å². The first kappa shape index (κ1) is 13.1. The van der Waals surface area contributed by atoms with Crippen LogP contribution in [0.2, 0.25) is 0 Å². The number of morpholine rings is 1. The van der Waals surface area contributed by atoms with Gasteiger partial charge in [0.25, 0.3) is 0 Å². The Labute approximate surface area is 112 Å². The van der Waals surface area contributed by atoms with Crippen LogP contribution in [0, 0.1) is 0 Å². The van der Waals surface area contributed by atoms with Crippen molar-refractivity contribution < 1.29 is 4.74 Å². The molecule has 17 heavy (non-hydrogen) atoms. The first-order chi connectivity index (χ1) is 8.04. The van der Waals surface area contributed by atoms with Crippen LogP contribution in [-0.4, -0.2) is 35.7 Å². The maximum atomic E-state index is 5.92. The predicted molar refractivity (Wildman–Crippen MR) is 73.4 cm³/mol. The smallest absolute Gasteiger partial charge is 0.185 e. The summed E-state index contributed by atoms with van der Waals surface area (Å²) in [5.74, 6) is 0.534. The van der Waals surface area contributed by atoms with Crippen molar-refractivity contribution in [3.05, 3.63) is 11.1 Å². The molecule has 1 aromatic rings. The van der Waals surface area contributed by atoms with E-state index in [2.05, 4.69) is 36.0 Å².